The largest absolute Gasteiger partial charge is 0.430 e. The minimum atomic E-state index is -3.59. The van der Waals surface area contributed by atoms with Crippen LogP contribution in [-0.4, -0.2) is 47.9 Å². The average Bonchev–Trinajstić information content (AvgIpc) is 3.04. The SMILES string of the molecule is CCCC[C@]1(C)OC2(CC3CCC2(CS(=O)(=O)N(C(C)C)C(C)C)C3(C)C)OC1=O. The molecule has 3 unspecified atom stereocenters. The summed E-state index contributed by atoms with van der Waals surface area (Å²) >= 11 is 0. The first kappa shape index (κ1) is 24.0. The van der Waals surface area contributed by atoms with Gasteiger partial charge in [-0.1, -0.05) is 33.6 Å². The van der Waals surface area contributed by atoms with E-state index in [2.05, 4.69) is 20.8 Å². The highest BCUT2D eigenvalue weighted by molar-refractivity contribution is 7.89. The van der Waals surface area contributed by atoms with Gasteiger partial charge in [0.25, 0.3) is 0 Å². The van der Waals surface area contributed by atoms with E-state index in [-0.39, 0.29) is 35.1 Å². The number of carbonyl (C=O) groups is 1. The van der Waals surface area contributed by atoms with Crippen LogP contribution in [-0.2, 0) is 24.3 Å². The number of hydrogen-bond donors (Lipinski definition) is 0. The van der Waals surface area contributed by atoms with Gasteiger partial charge in [-0.3, -0.25) is 0 Å². The number of unbranched alkanes of at least 4 members (excludes halogenated alkanes) is 1. The van der Waals surface area contributed by atoms with E-state index >= 15 is 0 Å². The van der Waals surface area contributed by atoms with Gasteiger partial charge in [-0.25, -0.2) is 13.2 Å². The Labute approximate surface area is 183 Å². The lowest BCUT2D eigenvalue weighted by Crippen LogP contribution is -2.57. The van der Waals surface area contributed by atoms with Crippen LogP contribution in [0.2, 0.25) is 0 Å². The third-order valence-electron chi connectivity index (χ3n) is 8.27. The molecule has 0 aromatic rings. The van der Waals surface area contributed by atoms with Crippen molar-refractivity contribution >= 4 is 16.0 Å². The molecule has 30 heavy (non-hydrogen) atoms. The fourth-order valence-corrected chi connectivity index (χ4v) is 9.47. The molecule has 1 spiro atoms. The first-order chi connectivity index (χ1) is 13.7. The molecule has 0 aromatic carbocycles. The summed E-state index contributed by atoms with van der Waals surface area (Å²) in [5.41, 5.74) is -2.04. The Morgan fingerprint density at radius 1 is 1.13 bits per heavy atom. The zero-order valence-electron chi connectivity index (χ0n) is 20.1. The van der Waals surface area contributed by atoms with E-state index in [1.807, 2.05) is 34.6 Å². The van der Waals surface area contributed by atoms with Crippen LogP contribution >= 0.6 is 0 Å². The van der Waals surface area contributed by atoms with Crippen molar-refractivity contribution in [2.45, 2.75) is 117 Å². The summed E-state index contributed by atoms with van der Waals surface area (Å²) in [4.78, 5) is 13.0. The molecule has 0 radical (unpaired) electrons. The predicted molar refractivity (Wildman–Crippen MR) is 117 cm³/mol. The predicted octanol–water partition coefficient (Wildman–Crippen LogP) is 4.48. The Kier molecular flexibility index (Phi) is 5.95. The highest BCUT2D eigenvalue weighted by Crippen LogP contribution is 2.73. The Hall–Kier alpha value is -0.660. The van der Waals surface area contributed by atoms with Crippen molar-refractivity contribution in [3.05, 3.63) is 0 Å². The van der Waals surface area contributed by atoms with Gasteiger partial charge in [0.15, 0.2) is 5.60 Å². The van der Waals surface area contributed by atoms with E-state index in [0.717, 1.165) is 19.3 Å². The number of ether oxygens (including phenoxy) is 2. The van der Waals surface area contributed by atoms with Crippen molar-refractivity contribution in [3.63, 3.8) is 0 Å². The quantitative estimate of drug-likeness (QED) is 0.517. The third kappa shape index (κ3) is 3.25. The number of sulfonamides is 1. The second-order valence-electron chi connectivity index (χ2n) is 11.1. The standard InChI is InChI=1S/C23H41NO5S/c1-9-10-12-21(8)19(25)28-23(29-21)14-18-11-13-22(23,20(18,6)7)15-30(26,27)24(16(2)3)17(4)5/h16-18H,9-15H2,1-8H3/t18?,21-,22?,23?/m0/s1. The number of carbonyl (C=O) groups excluding carboxylic acids is 1. The Balaban J connectivity index is 2.05. The molecule has 1 heterocycles. The van der Waals surface area contributed by atoms with Crippen LogP contribution in [0.5, 0.6) is 0 Å². The molecule has 1 aliphatic heterocycles. The molecule has 4 atom stereocenters. The van der Waals surface area contributed by atoms with E-state index in [9.17, 15) is 13.2 Å². The monoisotopic (exact) mass is 443 g/mol. The zero-order chi connectivity index (χ0) is 22.8. The van der Waals surface area contributed by atoms with E-state index in [1.54, 1.807) is 4.31 Å². The van der Waals surface area contributed by atoms with Gasteiger partial charge in [-0.05, 0) is 65.2 Å². The van der Waals surface area contributed by atoms with E-state index in [4.69, 9.17) is 9.47 Å². The highest BCUT2D eigenvalue weighted by atomic mass is 32.2. The van der Waals surface area contributed by atoms with Gasteiger partial charge in [0.1, 0.15) is 0 Å². The van der Waals surface area contributed by atoms with E-state index < -0.39 is 26.8 Å². The zero-order valence-corrected chi connectivity index (χ0v) is 20.9. The summed E-state index contributed by atoms with van der Waals surface area (Å²) in [6.45, 7) is 15.8. The summed E-state index contributed by atoms with van der Waals surface area (Å²) in [5, 5.41) is 0. The molecule has 1 saturated heterocycles. The van der Waals surface area contributed by atoms with Gasteiger partial charge < -0.3 is 9.47 Å². The Bertz CT molecular complexity index is 783. The molecule has 2 aliphatic carbocycles. The van der Waals surface area contributed by atoms with Crippen molar-refractivity contribution in [1.29, 1.82) is 0 Å². The Morgan fingerprint density at radius 3 is 2.23 bits per heavy atom. The van der Waals surface area contributed by atoms with Crippen molar-refractivity contribution < 1.29 is 22.7 Å². The molecule has 2 saturated carbocycles. The third-order valence-corrected chi connectivity index (χ3v) is 10.6. The number of hydrogen-bond acceptors (Lipinski definition) is 5. The Morgan fingerprint density at radius 2 is 1.73 bits per heavy atom. The van der Waals surface area contributed by atoms with Crippen LogP contribution in [0.1, 0.15) is 93.9 Å². The molecule has 0 amide bonds. The van der Waals surface area contributed by atoms with Crippen LogP contribution in [0.15, 0.2) is 0 Å². The molecule has 0 N–H and O–H groups in total. The second-order valence-corrected chi connectivity index (χ2v) is 13.0. The molecule has 3 rings (SSSR count). The minimum Gasteiger partial charge on any atom is -0.430 e. The lowest BCUT2D eigenvalue weighted by molar-refractivity contribution is -0.254. The van der Waals surface area contributed by atoms with Crippen LogP contribution < -0.4 is 0 Å². The minimum absolute atomic E-state index is 0.0446. The van der Waals surface area contributed by atoms with E-state index in [0.29, 0.717) is 19.3 Å². The van der Waals surface area contributed by atoms with Gasteiger partial charge in [-0.2, -0.15) is 4.31 Å². The molecule has 6 nitrogen and oxygen atoms in total. The number of esters is 1. The second kappa shape index (κ2) is 7.45. The molecule has 0 aromatic heterocycles. The summed E-state index contributed by atoms with van der Waals surface area (Å²) < 4.78 is 41.7. The van der Waals surface area contributed by atoms with Crippen molar-refractivity contribution in [1.82, 2.24) is 4.31 Å². The summed E-state index contributed by atoms with van der Waals surface area (Å²) in [7, 11) is -3.59. The maximum Gasteiger partial charge on any atom is 0.340 e. The molecule has 2 bridgehead atoms. The van der Waals surface area contributed by atoms with Gasteiger partial charge in [-0.15, -0.1) is 0 Å². The number of fused-ring (bicyclic) bond motifs is 3. The van der Waals surface area contributed by atoms with Crippen LogP contribution in [0, 0.1) is 16.7 Å². The average molecular weight is 444 g/mol. The van der Waals surface area contributed by atoms with Crippen molar-refractivity contribution in [2.75, 3.05) is 5.75 Å². The maximum atomic E-state index is 13.7. The summed E-state index contributed by atoms with van der Waals surface area (Å²) in [6.07, 6.45) is 4.67. The van der Waals surface area contributed by atoms with Gasteiger partial charge >= 0.3 is 5.97 Å². The van der Waals surface area contributed by atoms with Crippen LogP contribution in [0.25, 0.3) is 0 Å². The number of nitrogens with zero attached hydrogens (tertiary/aromatic N) is 1. The molecule has 174 valence electrons. The maximum absolute atomic E-state index is 13.7. The normalized spacial score (nSPS) is 37.8. The lowest BCUT2D eigenvalue weighted by Gasteiger charge is -2.47. The summed E-state index contributed by atoms with van der Waals surface area (Å²) in [6, 6.07) is -0.267. The highest BCUT2D eigenvalue weighted by Gasteiger charge is 2.79. The number of rotatable bonds is 8. The summed E-state index contributed by atoms with van der Waals surface area (Å²) in [5.74, 6) is -1.25. The molecular weight excluding hydrogens is 402 g/mol. The fraction of sp³-hybridized carbons (Fsp3) is 0.957. The van der Waals surface area contributed by atoms with Crippen LogP contribution in [0.3, 0.4) is 0 Å². The topological polar surface area (TPSA) is 72.9 Å². The fourth-order valence-electron chi connectivity index (χ4n) is 6.68. The van der Waals surface area contributed by atoms with Crippen molar-refractivity contribution in [3.8, 4) is 0 Å². The first-order valence-electron chi connectivity index (χ1n) is 11.6. The van der Waals surface area contributed by atoms with Gasteiger partial charge in [0, 0.05) is 18.5 Å². The first-order valence-corrected chi connectivity index (χ1v) is 13.2. The van der Waals surface area contributed by atoms with Gasteiger partial charge in [0.2, 0.25) is 15.8 Å². The van der Waals surface area contributed by atoms with Crippen molar-refractivity contribution in [2.24, 2.45) is 16.7 Å². The molecule has 3 aliphatic rings. The van der Waals surface area contributed by atoms with E-state index in [1.165, 1.54) is 0 Å². The van der Waals surface area contributed by atoms with Crippen LogP contribution in [0.4, 0.5) is 0 Å². The lowest BCUT2D eigenvalue weighted by atomic mass is 9.68. The smallest absolute Gasteiger partial charge is 0.340 e. The molecular formula is C23H41NO5S. The molecule has 7 heteroatoms. The molecule has 3 fully saturated rings. The van der Waals surface area contributed by atoms with Gasteiger partial charge in [0.05, 0.1) is 11.2 Å².